The molecule has 2 saturated heterocycles. The summed E-state index contributed by atoms with van der Waals surface area (Å²) in [6, 6.07) is 59.3. The van der Waals surface area contributed by atoms with Crippen LogP contribution in [0.15, 0.2) is 182 Å². The Bertz CT molecular complexity index is 2330. The van der Waals surface area contributed by atoms with E-state index in [-0.39, 0.29) is 52.7 Å². The zero-order chi connectivity index (χ0) is 47.7. The average Bonchev–Trinajstić information content (AvgIpc) is 3.76. The third-order valence-corrected chi connectivity index (χ3v) is 12.5. The lowest BCUT2D eigenvalue weighted by Crippen LogP contribution is -2.62. The molecule has 0 saturated carbocycles. The van der Waals surface area contributed by atoms with Crippen molar-refractivity contribution >= 4 is 0 Å². The Morgan fingerprint density at radius 3 is 1.32 bits per heavy atom. The van der Waals surface area contributed by atoms with Gasteiger partial charge in [0.1, 0.15) is 48.8 Å². The summed E-state index contributed by atoms with van der Waals surface area (Å²) in [4.78, 5) is 0. The van der Waals surface area contributed by atoms with Crippen molar-refractivity contribution in [3.05, 3.63) is 215 Å². The molecule has 11 nitrogen and oxygen atoms in total. The van der Waals surface area contributed by atoms with Crippen molar-refractivity contribution in [1.82, 2.24) is 0 Å². The molecule has 69 heavy (non-hydrogen) atoms. The lowest BCUT2D eigenvalue weighted by molar-refractivity contribution is -0.279. The van der Waals surface area contributed by atoms with Crippen LogP contribution in [0, 0.1) is 0 Å². The molecule has 2 heterocycles. The van der Waals surface area contributed by atoms with Crippen molar-refractivity contribution in [1.29, 1.82) is 0 Å². The summed E-state index contributed by atoms with van der Waals surface area (Å²) in [5, 5.41) is 25.2. The van der Waals surface area contributed by atoms with Crippen LogP contribution in [-0.4, -0.2) is 90.3 Å². The maximum absolute atomic E-state index is 12.6. The van der Waals surface area contributed by atoms with E-state index in [1.807, 2.05) is 196 Å². The largest absolute Gasteiger partial charge is 0.390 e. The van der Waals surface area contributed by atoms with Crippen LogP contribution < -0.4 is 0 Å². The SMILES string of the molecule is CC1(C)OC[C@@H]([C@@H](OCc2ccccc2)[C@H](OCc2ccccc2)[C@H](O)[C@H](O)C[C@H]2O[C@H](COCc3ccccc3)[C@@H](OCc3ccccc3)[C@H](OCc3ccccc3)[C@H]2OCc2ccccc2)O1. The van der Waals surface area contributed by atoms with Crippen molar-refractivity contribution in [3.63, 3.8) is 0 Å². The summed E-state index contributed by atoms with van der Waals surface area (Å²) in [7, 11) is 0. The summed E-state index contributed by atoms with van der Waals surface area (Å²) in [6.45, 7) is 5.47. The van der Waals surface area contributed by atoms with Crippen molar-refractivity contribution < 1.29 is 52.8 Å². The van der Waals surface area contributed by atoms with Crippen LogP contribution >= 0.6 is 0 Å². The second-order valence-electron chi connectivity index (χ2n) is 18.2. The third-order valence-electron chi connectivity index (χ3n) is 12.5. The number of hydrogen-bond donors (Lipinski definition) is 2. The van der Waals surface area contributed by atoms with Gasteiger partial charge in [-0.25, -0.2) is 0 Å². The van der Waals surface area contributed by atoms with Gasteiger partial charge in [-0.15, -0.1) is 0 Å². The molecular weight excluding hydrogens is 873 g/mol. The van der Waals surface area contributed by atoms with E-state index in [2.05, 4.69) is 0 Å². The average molecular weight is 939 g/mol. The number of benzene rings is 6. The lowest BCUT2D eigenvalue weighted by atomic mass is 9.88. The standard InChI is InChI=1S/C58H66O11/c1-58(2)67-41-51(69-58)55(64-37-45-27-15-6-16-28-45)56(65-38-46-29-17-7-18-30-46)52(60)48(59)33-49-53(62-35-43-23-11-4-12-24-43)57(66-39-47-31-19-8-20-32-47)54(63-36-44-25-13-5-14-26-44)50(68-49)40-61-34-42-21-9-3-10-22-42/h3-32,48-57,59-60H,33-41H2,1-2H3/t48-,49-,50-,51+,52-,53+,54-,55-,56-,57-/m1/s1. The minimum absolute atomic E-state index is 0.0729. The molecule has 364 valence electrons. The maximum atomic E-state index is 12.6. The first-order valence-electron chi connectivity index (χ1n) is 24.0. The lowest BCUT2D eigenvalue weighted by Gasteiger charge is -2.47. The van der Waals surface area contributed by atoms with Gasteiger partial charge >= 0.3 is 0 Å². The van der Waals surface area contributed by atoms with Gasteiger partial charge in [-0.1, -0.05) is 182 Å². The van der Waals surface area contributed by atoms with E-state index in [1.165, 1.54) is 0 Å². The molecule has 6 aromatic rings. The van der Waals surface area contributed by atoms with E-state index in [1.54, 1.807) is 0 Å². The zero-order valence-corrected chi connectivity index (χ0v) is 39.5. The van der Waals surface area contributed by atoms with Crippen LogP contribution in [0.5, 0.6) is 0 Å². The Morgan fingerprint density at radius 2 is 0.884 bits per heavy atom. The zero-order valence-electron chi connectivity index (χ0n) is 39.5. The van der Waals surface area contributed by atoms with Crippen LogP contribution in [0.4, 0.5) is 0 Å². The first-order chi connectivity index (χ1) is 33.8. The number of aliphatic hydroxyl groups excluding tert-OH is 2. The van der Waals surface area contributed by atoms with Crippen molar-refractivity contribution in [2.45, 2.75) is 127 Å². The Balaban J connectivity index is 1.12. The summed E-state index contributed by atoms with van der Waals surface area (Å²) >= 11 is 0. The second-order valence-corrected chi connectivity index (χ2v) is 18.2. The molecule has 2 fully saturated rings. The Hall–Kier alpha value is -5.12. The molecule has 8 rings (SSSR count). The van der Waals surface area contributed by atoms with E-state index in [9.17, 15) is 10.2 Å². The molecule has 2 N–H and O–H groups in total. The van der Waals surface area contributed by atoms with Crippen LogP contribution in [-0.2, 0) is 82.3 Å². The first-order valence-corrected chi connectivity index (χ1v) is 24.0. The van der Waals surface area contributed by atoms with E-state index >= 15 is 0 Å². The van der Waals surface area contributed by atoms with Gasteiger partial charge in [0, 0.05) is 6.42 Å². The second kappa shape index (κ2) is 25.7. The third kappa shape index (κ3) is 14.9. The van der Waals surface area contributed by atoms with Crippen LogP contribution in [0.1, 0.15) is 53.6 Å². The smallest absolute Gasteiger partial charge is 0.163 e. The van der Waals surface area contributed by atoms with Gasteiger partial charge < -0.3 is 52.8 Å². The molecular formula is C58H66O11. The fraction of sp³-hybridized carbons (Fsp3) is 0.379. The molecule has 0 aliphatic carbocycles. The van der Waals surface area contributed by atoms with Gasteiger partial charge in [0.25, 0.3) is 0 Å². The van der Waals surface area contributed by atoms with Gasteiger partial charge in [-0.05, 0) is 47.2 Å². The predicted molar refractivity (Wildman–Crippen MR) is 261 cm³/mol. The molecule has 0 unspecified atom stereocenters. The fourth-order valence-electron chi connectivity index (χ4n) is 8.88. The molecule has 0 radical (unpaired) electrons. The van der Waals surface area contributed by atoms with Crippen molar-refractivity contribution in [3.8, 4) is 0 Å². The van der Waals surface area contributed by atoms with Gasteiger partial charge in [0.15, 0.2) is 5.79 Å². The van der Waals surface area contributed by atoms with E-state index in [4.69, 9.17) is 42.6 Å². The van der Waals surface area contributed by atoms with Gasteiger partial charge in [-0.2, -0.15) is 0 Å². The van der Waals surface area contributed by atoms with Crippen LogP contribution in [0.25, 0.3) is 0 Å². The topological polar surface area (TPSA) is 124 Å². The highest BCUT2D eigenvalue weighted by molar-refractivity contribution is 5.18. The monoisotopic (exact) mass is 938 g/mol. The molecule has 10 atom stereocenters. The summed E-state index contributed by atoms with van der Waals surface area (Å²) in [5.41, 5.74) is 5.73. The van der Waals surface area contributed by atoms with Crippen molar-refractivity contribution in [2.75, 3.05) is 13.2 Å². The molecule has 2 aliphatic heterocycles. The molecule has 0 bridgehead atoms. The van der Waals surface area contributed by atoms with Gasteiger partial charge in [0.2, 0.25) is 0 Å². The fourth-order valence-corrected chi connectivity index (χ4v) is 8.88. The van der Waals surface area contributed by atoms with E-state index < -0.39 is 66.8 Å². The molecule has 6 aromatic carbocycles. The Morgan fingerprint density at radius 1 is 0.493 bits per heavy atom. The van der Waals surface area contributed by atoms with Crippen molar-refractivity contribution in [2.24, 2.45) is 0 Å². The molecule has 0 spiro atoms. The normalized spacial score (nSPS) is 23.0. The predicted octanol–water partition coefficient (Wildman–Crippen LogP) is 9.16. The Labute approximate surface area is 406 Å². The highest BCUT2D eigenvalue weighted by Gasteiger charge is 2.51. The molecule has 2 aliphatic rings. The Kier molecular flexibility index (Phi) is 18.7. The highest BCUT2D eigenvalue weighted by atomic mass is 16.8. The van der Waals surface area contributed by atoms with Crippen LogP contribution in [0.3, 0.4) is 0 Å². The minimum atomic E-state index is -1.50. The summed E-state index contributed by atoms with van der Waals surface area (Å²) in [6.07, 6.45) is -9.27. The molecule has 0 aromatic heterocycles. The number of rotatable bonds is 25. The van der Waals surface area contributed by atoms with E-state index in [0.29, 0.717) is 6.61 Å². The quantitative estimate of drug-likeness (QED) is 0.0572. The molecule has 0 amide bonds. The summed E-state index contributed by atoms with van der Waals surface area (Å²) in [5.74, 6) is -0.905. The minimum Gasteiger partial charge on any atom is -0.390 e. The summed E-state index contributed by atoms with van der Waals surface area (Å²) < 4.78 is 60.1. The number of ether oxygens (including phenoxy) is 9. The van der Waals surface area contributed by atoms with Gasteiger partial charge in [-0.3, -0.25) is 0 Å². The maximum Gasteiger partial charge on any atom is 0.163 e. The van der Waals surface area contributed by atoms with E-state index in [0.717, 1.165) is 33.4 Å². The molecule has 11 heteroatoms. The van der Waals surface area contributed by atoms with Gasteiger partial charge in [0.05, 0.1) is 65.1 Å². The highest BCUT2D eigenvalue weighted by Crippen LogP contribution is 2.35. The first kappa shape index (κ1) is 50.3. The number of hydrogen-bond acceptors (Lipinski definition) is 11. The number of aliphatic hydroxyl groups is 2. The van der Waals surface area contributed by atoms with Crippen LogP contribution in [0.2, 0.25) is 0 Å².